The van der Waals surface area contributed by atoms with Gasteiger partial charge in [-0.05, 0) is 63.9 Å². The zero-order valence-corrected chi connectivity index (χ0v) is 14.6. The molecule has 1 atom stereocenters. The van der Waals surface area contributed by atoms with E-state index in [1.54, 1.807) is 0 Å². The zero-order valence-electron chi connectivity index (χ0n) is 14.6. The van der Waals surface area contributed by atoms with Crippen LogP contribution in [0, 0.1) is 25.2 Å². The monoisotopic (exact) mass is 307 g/mol. The van der Waals surface area contributed by atoms with Gasteiger partial charge in [0.05, 0.1) is 5.56 Å². The molecule has 3 rings (SSSR count). The molecule has 1 saturated heterocycles. The number of nitrogens with zero attached hydrogens (tertiary/aromatic N) is 3. The van der Waals surface area contributed by atoms with Crippen LogP contribution < -0.4 is 0 Å². The number of hydrogen-bond acceptors (Lipinski definition) is 2. The molecule has 1 unspecified atom stereocenters. The summed E-state index contributed by atoms with van der Waals surface area (Å²) in [4.78, 5) is 2.55. The second-order valence-electron chi connectivity index (χ2n) is 6.64. The minimum atomic E-state index is 0.438. The van der Waals surface area contributed by atoms with E-state index >= 15 is 0 Å². The van der Waals surface area contributed by atoms with Crippen LogP contribution in [0.4, 0.5) is 0 Å². The van der Waals surface area contributed by atoms with Crippen LogP contribution in [-0.4, -0.2) is 22.6 Å². The molecule has 1 fully saturated rings. The summed E-state index contributed by atoms with van der Waals surface area (Å²) in [6, 6.07) is 11.6. The lowest BCUT2D eigenvalue weighted by Gasteiger charge is -2.24. The van der Waals surface area contributed by atoms with Crippen molar-refractivity contribution in [3.63, 3.8) is 0 Å². The average molecular weight is 307 g/mol. The van der Waals surface area contributed by atoms with Crippen LogP contribution in [0.2, 0.25) is 0 Å². The fourth-order valence-corrected chi connectivity index (χ4v) is 3.73. The molecule has 0 N–H and O–H groups in total. The van der Waals surface area contributed by atoms with Crippen molar-refractivity contribution < 1.29 is 0 Å². The normalized spacial score (nSPS) is 16.5. The SMILES string of the molecule is Cc1c(C#N)c(-c2cccc(C(C)N3CCCC3)c2)c(C)n1C. The first kappa shape index (κ1) is 15.8. The summed E-state index contributed by atoms with van der Waals surface area (Å²) in [5, 5.41) is 9.58. The van der Waals surface area contributed by atoms with Crippen LogP contribution in [0.1, 0.15) is 48.3 Å². The van der Waals surface area contributed by atoms with Gasteiger partial charge in [0.15, 0.2) is 0 Å². The Labute approximate surface area is 139 Å². The van der Waals surface area contributed by atoms with Crippen LogP contribution >= 0.6 is 0 Å². The van der Waals surface area contributed by atoms with Crippen LogP contribution in [0.25, 0.3) is 11.1 Å². The minimum absolute atomic E-state index is 0.438. The predicted molar refractivity (Wildman–Crippen MR) is 94.3 cm³/mol. The molecule has 0 spiro atoms. The molecule has 0 bridgehead atoms. The lowest BCUT2D eigenvalue weighted by molar-refractivity contribution is 0.263. The molecule has 0 saturated carbocycles. The van der Waals surface area contributed by atoms with Crippen molar-refractivity contribution in [3.05, 3.63) is 46.8 Å². The first-order valence-corrected chi connectivity index (χ1v) is 8.45. The number of benzene rings is 1. The molecule has 0 amide bonds. The van der Waals surface area contributed by atoms with Crippen molar-refractivity contribution in [2.45, 2.75) is 39.7 Å². The highest BCUT2D eigenvalue weighted by molar-refractivity contribution is 5.75. The summed E-state index contributed by atoms with van der Waals surface area (Å²) in [6.45, 7) is 8.79. The van der Waals surface area contributed by atoms with Gasteiger partial charge in [-0.25, -0.2) is 0 Å². The summed E-state index contributed by atoms with van der Waals surface area (Å²) >= 11 is 0. The van der Waals surface area contributed by atoms with Gasteiger partial charge in [-0.2, -0.15) is 5.26 Å². The Kier molecular flexibility index (Phi) is 4.28. The van der Waals surface area contributed by atoms with Crippen LogP contribution in [0.3, 0.4) is 0 Å². The summed E-state index contributed by atoms with van der Waals surface area (Å²) < 4.78 is 2.12. The minimum Gasteiger partial charge on any atom is -0.350 e. The molecule has 0 radical (unpaired) electrons. The summed E-state index contributed by atoms with van der Waals surface area (Å²) in [5.41, 5.74) is 6.59. The first-order valence-electron chi connectivity index (χ1n) is 8.45. The molecule has 2 aromatic rings. The molecular formula is C20H25N3. The van der Waals surface area contributed by atoms with Gasteiger partial charge in [0.25, 0.3) is 0 Å². The number of rotatable bonds is 3. The van der Waals surface area contributed by atoms with Crippen LogP contribution in [0.15, 0.2) is 24.3 Å². The molecule has 0 aliphatic carbocycles. The van der Waals surface area contributed by atoms with E-state index in [9.17, 15) is 5.26 Å². The maximum absolute atomic E-state index is 9.58. The highest BCUT2D eigenvalue weighted by Gasteiger charge is 2.21. The molecule has 23 heavy (non-hydrogen) atoms. The number of hydrogen-bond donors (Lipinski definition) is 0. The van der Waals surface area contributed by atoms with Crippen molar-refractivity contribution in [1.82, 2.24) is 9.47 Å². The molecule has 1 aliphatic rings. The summed E-state index contributed by atoms with van der Waals surface area (Å²) in [5.74, 6) is 0. The standard InChI is InChI=1S/C20H25N3/c1-14(23-10-5-6-11-23)17-8-7-9-18(12-17)20-16(3)22(4)15(2)19(20)13-21/h7-9,12,14H,5-6,10-11H2,1-4H3. The second kappa shape index (κ2) is 6.22. The molecule has 1 aliphatic heterocycles. The van der Waals surface area contributed by atoms with E-state index in [4.69, 9.17) is 0 Å². The zero-order chi connectivity index (χ0) is 16.6. The Morgan fingerprint density at radius 3 is 2.48 bits per heavy atom. The van der Waals surface area contributed by atoms with Crippen molar-refractivity contribution in [1.29, 1.82) is 5.26 Å². The third-order valence-corrected chi connectivity index (χ3v) is 5.44. The molecule has 3 nitrogen and oxygen atoms in total. The highest BCUT2D eigenvalue weighted by Crippen LogP contribution is 2.34. The van der Waals surface area contributed by atoms with E-state index in [1.807, 2.05) is 14.0 Å². The van der Waals surface area contributed by atoms with Gasteiger partial charge >= 0.3 is 0 Å². The van der Waals surface area contributed by atoms with Crippen molar-refractivity contribution in [2.24, 2.45) is 7.05 Å². The van der Waals surface area contributed by atoms with Gasteiger partial charge in [0.2, 0.25) is 0 Å². The van der Waals surface area contributed by atoms with E-state index in [0.29, 0.717) is 6.04 Å². The van der Waals surface area contributed by atoms with Gasteiger partial charge < -0.3 is 4.57 Å². The van der Waals surface area contributed by atoms with E-state index in [1.165, 1.54) is 31.5 Å². The molecule has 2 heterocycles. The van der Waals surface area contributed by atoms with Crippen LogP contribution in [-0.2, 0) is 7.05 Å². The maximum Gasteiger partial charge on any atom is 0.102 e. The van der Waals surface area contributed by atoms with E-state index < -0.39 is 0 Å². The first-order chi connectivity index (χ1) is 11.0. The maximum atomic E-state index is 9.58. The Hall–Kier alpha value is -2.05. The van der Waals surface area contributed by atoms with E-state index in [0.717, 1.165) is 28.1 Å². The summed E-state index contributed by atoms with van der Waals surface area (Å²) in [6.07, 6.45) is 2.61. The van der Waals surface area contributed by atoms with Crippen molar-refractivity contribution in [2.75, 3.05) is 13.1 Å². The van der Waals surface area contributed by atoms with Crippen molar-refractivity contribution in [3.8, 4) is 17.2 Å². The molecular weight excluding hydrogens is 282 g/mol. The Bertz CT molecular complexity index is 758. The Morgan fingerprint density at radius 2 is 1.83 bits per heavy atom. The van der Waals surface area contributed by atoms with Gasteiger partial charge in [0, 0.05) is 30.0 Å². The molecule has 120 valence electrons. The quantitative estimate of drug-likeness (QED) is 0.845. The summed E-state index contributed by atoms with van der Waals surface area (Å²) in [7, 11) is 2.03. The lowest BCUT2D eigenvalue weighted by Crippen LogP contribution is -2.23. The second-order valence-corrected chi connectivity index (χ2v) is 6.64. The van der Waals surface area contributed by atoms with Gasteiger partial charge in [-0.15, -0.1) is 0 Å². The average Bonchev–Trinajstić information content (AvgIpc) is 3.17. The smallest absolute Gasteiger partial charge is 0.102 e. The Balaban J connectivity index is 2.04. The largest absolute Gasteiger partial charge is 0.350 e. The fraction of sp³-hybridized carbons (Fsp3) is 0.450. The van der Waals surface area contributed by atoms with Gasteiger partial charge in [0.1, 0.15) is 6.07 Å². The fourth-order valence-electron chi connectivity index (χ4n) is 3.73. The van der Waals surface area contributed by atoms with E-state index in [-0.39, 0.29) is 0 Å². The van der Waals surface area contributed by atoms with Crippen LogP contribution in [0.5, 0.6) is 0 Å². The predicted octanol–water partition coefficient (Wildman–Crippen LogP) is 4.34. The highest BCUT2D eigenvalue weighted by atomic mass is 15.2. The molecule has 1 aromatic carbocycles. The van der Waals surface area contributed by atoms with Crippen molar-refractivity contribution >= 4 is 0 Å². The molecule has 1 aromatic heterocycles. The third-order valence-electron chi connectivity index (χ3n) is 5.44. The Morgan fingerprint density at radius 1 is 1.13 bits per heavy atom. The van der Waals surface area contributed by atoms with E-state index in [2.05, 4.69) is 53.6 Å². The van der Waals surface area contributed by atoms with Gasteiger partial charge in [-0.3, -0.25) is 4.90 Å². The lowest BCUT2D eigenvalue weighted by atomic mass is 9.97. The number of nitriles is 1. The number of aromatic nitrogens is 1. The van der Waals surface area contributed by atoms with Gasteiger partial charge in [-0.1, -0.05) is 18.2 Å². The topological polar surface area (TPSA) is 32.0 Å². The number of likely N-dealkylation sites (tertiary alicyclic amines) is 1. The molecule has 3 heteroatoms. The third kappa shape index (κ3) is 2.68.